The largest absolute Gasteiger partial charge is 0.369 e. The SMILES string of the molecule is CCSc1cc(N2CCNCC2)c(C)cc1C. The average Bonchev–Trinajstić information content (AvgIpc) is 2.34. The summed E-state index contributed by atoms with van der Waals surface area (Å²) in [6, 6.07) is 4.71. The van der Waals surface area contributed by atoms with Crippen LogP contribution < -0.4 is 10.2 Å². The number of nitrogens with one attached hydrogen (secondary N) is 1. The summed E-state index contributed by atoms with van der Waals surface area (Å²) in [5.74, 6) is 1.14. The minimum absolute atomic E-state index is 1.10. The van der Waals surface area contributed by atoms with Gasteiger partial charge in [0.1, 0.15) is 0 Å². The number of piperazine rings is 1. The zero-order chi connectivity index (χ0) is 12.3. The number of aryl methyl sites for hydroxylation is 2. The molecule has 17 heavy (non-hydrogen) atoms. The molecule has 1 aliphatic heterocycles. The molecule has 94 valence electrons. The lowest BCUT2D eigenvalue weighted by Gasteiger charge is -2.31. The Kier molecular flexibility index (Phi) is 4.35. The molecule has 1 N–H and O–H groups in total. The Labute approximate surface area is 109 Å². The third-order valence-corrected chi connectivity index (χ3v) is 4.29. The van der Waals surface area contributed by atoms with E-state index in [4.69, 9.17) is 0 Å². The quantitative estimate of drug-likeness (QED) is 0.831. The molecule has 2 nitrogen and oxygen atoms in total. The third kappa shape index (κ3) is 2.96. The fourth-order valence-corrected chi connectivity index (χ4v) is 3.17. The van der Waals surface area contributed by atoms with Gasteiger partial charge in [0, 0.05) is 36.8 Å². The maximum absolute atomic E-state index is 3.41. The number of hydrogen-bond acceptors (Lipinski definition) is 3. The standard InChI is InChI=1S/C14H22N2S/c1-4-17-14-10-13(11(2)9-12(14)3)16-7-5-15-6-8-16/h9-10,15H,4-8H2,1-3H3. The van der Waals surface area contributed by atoms with Gasteiger partial charge in [-0.05, 0) is 36.8 Å². The van der Waals surface area contributed by atoms with Crippen LogP contribution in [-0.2, 0) is 0 Å². The molecule has 0 atom stereocenters. The summed E-state index contributed by atoms with van der Waals surface area (Å²) in [5.41, 5.74) is 4.24. The Morgan fingerprint density at radius 1 is 1.18 bits per heavy atom. The number of nitrogens with zero attached hydrogens (tertiary/aromatic N) is 1. The van der Waals surface area contributed by atoms with Gasteiger partial charge in [-0.15, -0.1) is 11.8 Å². The molecule has 1 fully saturated rings. The first-order valence-electron chi connectivity index (χ1n) is 6.42. The highest BCUT2D eigenvalue weighted by atomic mass is 32.2. The van der Waals surface area contributed by atoms with Crippen molar-refractivity contribution in [3.8, 4) is 0 Å². The Balaban J connectivity index is 2.28. The van der Waals surface area contributed by atoms with E-state index in [1.807, 2.05) is 11.8 Å². The lowest BCUT2D eigenvalue weighted by atomic mass is 10.1. The molecular formula is C14H22N2S. The van der Waals surface area contributed by atoms with E-state index in [0.717, 1.165) is 31.9 Å². The third-order valence-electron chi connectivity index (χ3n) is 3.25. The summed E-state index contributed by atoms with van der Waals surface area (Å²) in [6.45, 7) is 11.1. The van der Waals surface area contributed by atoms with Crippen LogP contribution in [-0.4, -0.2) is 31.9 Å². The fraction of sp³-hybridized carbons (Fsp3) is 0.571. The Hall–Kier alpha value is -0.670. The minimum atomic E-state index is 1.10. The highest BCUT2D eigenvalue weighted by Crippen LogP contribution is 2.30. The Bertz CT molecular complexity index is 384. The van der Waals surface area contributed by atoms with Crippen LogP contribution in [0.15, 0.2) is 17.0 Å². The molecule has 1 aliphatic rings. The lowest BCUT2D eigenvalue weighted by molar-refractivity contribution is 0.588. The zero-order valence-corrected chi connectivity index (χ0v) is 11.9. The Morgan fingerprint density at radius 3 is 2.53 bits per heavy atom. The van der Waals surface area contributed by atoms with Gasteiger partial charge >= 0.3 is 0 Å². The van der Waals surface area contributed by atoms with Gasteiger partial charge < -0.3 is 10.2 Å². The minimum Gasteiger partial charge on any atom is -0.369 e. The molecule has 1 aromatic rings. The van der Waals surface area contributed by atoms with Gasteiger partial charge in [-0.3, -0.25) is 0 Å². The first-order valence-corrected chi connectivity index (χ1v) is 7.40. The van der Waals surface area contributed by atoms with Crippen molar-refractivity contribution < 1.29 is 0 Å². The fourth-order valence-electron chi connectivity index (χ4n) is 2.38. The summed E-state index contributed by atoms with van der Waals surface area (Å²) >= 11 is 1.95. The second-order valence-corrected chi connectivity index (χ2v) is 5.88. The van der Waals surface area contributed by atoms with Crippen LogP contribution in [0, 0.1) is 13.8 Å². The van der Waals surface area contributed by atoms with Gasteiger partial charge in [-0.25, -0.2) is 0 Å². The van der Waals surface area contributed by atoms with E-state index >= 15 is 0 Å². The van der Waals surface area contributed by atoms with Crippen LogP contribution in [0.5, 0.6) is 0 Å². The van der Waals surface area contributed by atoms with Crippen molar-refractivity contribution in [2.24, 2.45) is 0 Å². The molecule has 1 aromatic carbocycles. The summed E-state index contributed by atoms with van der Waals surface area (Å²) < 4.78 is 0. The number of rotatable bonds is 3. The summed E-state index contributed by atoms with van der Waals surface area (Å²) in [6.07, 6.45) is 0. The molecule has 0 bridgehead atoms. The van der Waals surface area contributed by atoms with Crippen molar-refractivity contribution in [2.75, 3.05) is 36.8 Å². The van der Waals surface area contributed by atoms with Gasteiger partial charge in [0.05, 0.1) is 0 Å². The van der Waals surface area contributed by atoms with Gasteiger partial charge in [0.15, 0.2) is 0 Å². The normalized spacial score (nSPS) is 16.3. The van der Waals surface area contributed by atoms with E-state index in [-0.39, 0.29) is 0 Å². The molecule has 0 radical (unpaired) electrons. The summed E-state index contributed by atoms with van der Waals surface area (Å²) in [4.78, 5) is 3.94. The second kappa shape index (κ2) is 5.78. The van der Waals surface area contributed by atoms with Crippen LogP contribution in [0.25, 0.3) is 0 Å². The zero-order valence-electron chi connectivity index (χ0n) is 11.0. The van der Waals surface area contributed by atoms with E-state index < -0.39 is 0 Å². The summed E-state index contributed by atoms with van der Waals surface area (Å²) in [5, 5.41) is 3.41. The van der Waals surface area contributed by atoms with E-state index in [0.29, 0.717) is 0 Å². The molecule has 0 aliphatic carbocycles. The van der Waals surface area contributed by atoms with Crippen LogP contribution in [0.2, 0.25) is 0 Å². The molecule has 0 saturated carbocycles. The maximum Gasteiger partial charge on any atom is 0.0408 e. The Morgan fingerprint density at radius 2 is 1.88 bits per heavy atom. The van der Waals surface area contributed by atoms with Gasteiger partial charge in [0.2, 0.25) is 0 Å². The topological polar surface area (TPSA) is 15.3 Å². The van der Waals surface area contributed by atoms with Crippen molar-refractivity contribution in [2.45, 2.75) is 25.7 Å². The number of hydrogen-bond donors (Lipinski definition) is 1. The second-order valence-electron chi connectivity index (χ2n) is 4.57. The predicted octanol–water partition coefficient (Wildman–Crippen LogP) is 2.83. The van der Waals surface area contributed by atoms with Crippen LogP contribution in [0.3, 0.4) is 0 Å². The van der Waals surface area contributed by atoms with Crippen LogP contribution in [0.4, 0.5) is 5.69 Å². The van der Waals surface area contributed by atoms with Crippen molar-refractivity contribution in [3.05, 3.63) is 23.3 Å². The molecule has 0 aromatic heterocycles. The molecule has 2 rings (SSSR count). The number of thioether (sulfide) groups is 1. The predicted molar refractivity (Wildman–Crippen MR) is 77.4 cm³/mol. The van der Waals surface area contributed by atoms with E-state index in [2.05, 4.69) is 43.1 Å². The van der Waals surface area contributed by atoms with Gasteiger partial charge in [-0.1, -0.05) is 13.0 Å². The highest BCUT2D eigenvalue weighted by Gasteiger charge is 2.14. The summed E-state index contributed by atoms with van der Waals surface area (Å²) in [7, 11) is 0. The lowest BCUT2D eigenvalue weighted by Crippen LogP contribution is -2.43. The average molecular weight is 250 g/mol. The molecule has 3 heteroatoms. The molecule has 0 spiro atoms. The maximum atomic E-state index is 3.41. The van der Waals surface area contributed by atoms with Crippen molar-refractivity contribution >= 4 is 17.4 Å². The van der Waals surface area contributed by atoms with Crippen LogP contribution in [0.1, 0.15) is 18.1 Å². The molecule has 0 unspecified atom stereocenters. The first kappa shape index (κ1) is 12.8. The molecule has 0 amide bonds. The van der Waals surface area contributed by atoms with Gasteiger partial charge in [-0.2, -0.15) is 0 Å². The smallest absolute Gasteiger partial charge is 0.0408 e. The number of benzene rings is 1. The van der Waals surface area contributed by atoms with E-state index in [1.54, 1.807) is 0 Å². The van der Waals surface area contributed by atoms with E-state index in [9.17, 15) is 0 Å². The van der Waals surface area contributed by atoms with Crippen LogP contribution >= 0.6 is 11.8 Å². The van der Waals surface area contributed by atoms with Crippen molar-refractivity contribution in [3.63, 3.8) is 0 Å². The van der Waals surface area contributed by atoms with Crippen molar-refractivity contribution in [1.82, 2.24) is 5.32 Å². The molecule has 1 heterocycles. The van der Waals surface area contributed by atoms with E-state index in [1.165, 1.54) is 21.7 Å². The highest BCUT2D eigenvalue weighted by molar-refractivity contribution is 7.99. The monoisotopic (exact) mass is 250 g/mol. The first-order chi connectivity index (χ1) is 8.22. The molecular weight excluding hydrogens is 228 g/mol. The number of anilines is 1. The molecule has 1 saturated heterocycles. The van der Waals surface area contributed by atoms with Crippen molar-refractivity contribution in [1.29, 1.82) is 0 Å². The van der Waals surface area contributed by atoms with Gasteiger partial charge in [0.25, 0.3) is 0 Å².